The fourth-order valence-electron chi connectivity index (χ4n) is 1.17. The van der Waals surface area contributed by atoms with Crippen LogP contribution < -0.4 is 5.90 Å². The van der Waals surface area contributed by atoms with Gasteiger partial charge in [-0.2, -0.15) is 0 Å². The first-order chi connectivity index (χ1) is 6.30. The van der Waals surface area contributed by atoms with Crippen molar-refractivity contribution < 1.29 is 4.84 Å². The molecule has 0 heterocycles. The highest BCUT2D eigenvalue weighted by Crippen LogP contribution is 2.15. The zero-order valence-corrected chi connectivity index (χ0v) is 10.3. The third kappa shape index (κ3) is 3.38. The van der Waals surface area contributed by atoms with Crippen LogP contribution in [0.15, 0.2) is 18.2 Å². The van der Waals surface area contributed by atoms with E-state index in [9.17, 15) is 0 Å². The van der Waals surface area contributed by atoms with Gasteiger partial charge in [0.15, 0.2) is 0 Å². The first-order valence-corrected chi connectivity index (χ1v) is 6.09. The van der Waals surface area contributed by atoms with Crippen LogP contribution in [0, 0.1) is 0 Å². The highest BCUT2D eigenvalue weighted by molar-refractivity contribution is 9.08. The van der Waals surface area contributed by atoms with Crippen LogP contribution in [0.2, 0.25) is 0 Å². The summed E-state index contributed by atoms with van der Waals surface area (Å²) in [7, 11) is 0. The molecule has 0 amide bonds. The van der Waals surface area contributed by atoms with Gasteiger partial charge in [-0.1, -0.05) is 50.1 Å². The van der Waals surface area contributed by atoms with Crippen LogP contribution in [0.4, 0.5) is 0 Å². The Kier molecular flexibility index (Phi) is 4.94. The molecule has 0 aliphatic carbocycles. The van der Waals surface area contributed by atoms with Crippen molar-refractivity contribution in [2.24, 2.45) is 5.90 Å². The Balaban J connectivity index is 2.93. The van der Waals surface area contributed by atoms with E-state index in [-0.39, 0.29) is 0 Å². The van der Waals surface area contributed by atoms with Gasteiger partial charge in [-0.3, -0.25) is 4.84 Å². The molecular formula is C9H11Br2NO. The maximum Gasteiger partial charge on any atom is 0.0930 e. The van der Waals surface area contributed by atoms with E-state index in [1.54, 1.807) is 0 Å². The van der Waals surface area contributed by atoms with E-state index in [1.165, 1.54) is 11.1 Å². The Morgan fingerprint density at radius 3 is 1.85 bits per heavy atom. The van der Waals surface area contributed by atoms with Crippen molar-refractivity contribution in [3.8, 4) is 0 Å². The van der Waals surface area contributed by atoms with Crippen molar-refractivity contribution in [2.45, 2.75) is 17.3 Å². The van der Waals surface area contributed by atoms with Gasteiger partial charge in [-0.05, 0) is 16.7 Å². The Morgan fingerprint density at radius 1 is 1.00 bits per heavy atom. The van der Waals surface area contributed by atoms with E-state index in [0.29, 0.717) is 6.61 Å². The summed E-state index contributed by atoms with van der Waals surface area (Å²) in [5.74, 6) is 5.02. The average molecular weight is 309 g/mol. The predicted octanol–water partition coefficient (Wildman–Crippen LogP) is 2.87. The first kappa shape index (κ1) is 11.2. The molecule has 0 saturated heterocycles. The summed E-state index contributed by atoms with van der Waals surface area (Å²) >= 11 is 6.84. The maximum absolute atomic E-state index is 5.02. The average Bonchev–Trinajstić information content (AvgIpc) is 2.17. The van der Waals surface area contributed by atoms with E-state index in [4.69, 9.17) is 5.90 Å². The van der Waals surface area contributed by atoms with E-state index < -0.39 is 0 Å². The van der Waals surface area contributed by atoms with Gasteiger partial charge in [0.2, 0.25) is 0 Å². The molecule has 0 aliphatic heterocycles. The molecule has 1 aromatic carbocycles. The van der Waals surface area contributed by atoms with Crippen molar-refractivity contribution in [3.05, 3.63) is 34.9 Å². The minimum absolute atomic E-state index is 0.459. The second kappa shape index (κ2) is 5.75. The van der Waals surface area contributed by atoms with Gasteiger partial charge in [-0.15, -0.1) is 0 Å². The lowest BCUT2D eigenvalue weighted by atomic mass is 10.1. The van der Waals surface area contributed by atoms with Gasteiger partial charge >= 0.3 is 0 Å². The van der Waals surface area contributed by atoms with Crippen LogP contribution in [0.5, 0.6) is 0 Å². The van der Waals surface area contributed by atoms with Gasteiger partial charge in [0.25, 0.3) is 0 Å². The highest BCUT2D eigenvalue weighted by Gasteiger charge is 1.99. The highest BCUT2D eigenvalue weighted by atomic mass is 79.9. The Hall–Kier alpha value is 0.1000. The summed E-state index contributed by atoms with van der Waals surface area (Å²) in [6.45, 7) is 0.459. The van der Waals surface area contributed by atoms with Gasteiger partial charge in [0.1, 0.15) is 0 Å². The molecule has 0 saturated carbocycles. The van der Waals surface area contributed by atoms with Gasteiger partial charge in [0.05, 0.1) is 6.61 Å². The zero-order chi connectivity index (χ0) is 9.68. The normalized spacial score (nSPS) is 10.4. The summed E-state index contributed by atoms with van der Waals surface area (Å²) in [6, 6.07) is 6.30. The smallest absolute Gasteiger partial charge is 0.0930 e. The summed E-state index contributed by atoms with van der Waals surface area (Å²) in [5, 5.41) is 1.71. The third-order valence-corrected chi connectivity index (χ3v) is 2.97. The Bertz CT molecular complexity index is 256. The summed E-state index contributed by atoms with van der Waals surface area (Å²) in [6.07, 6.45) is 0. The van der Waals surface area contributed by atoms with E-state index in [2.05, 4.69) is 54.9 Å². The van der Waals surface area contributed by atoms with Crippen LogP contribution in [0.3, 0.4) is 0 Å². The molecule has 0 unspecified atom stereocenters. The fraction of sp³-hybridized carbons (Fsp3) is 0.333. The van der Waals surface area contributed by atoms with Crippen molar-refractivity contribution >= 4 is 31.9 Å². The van der Waals surface area contributed by atoms with E-state index >= 15 is 0 Å². The predicted molar refractivity (Wildman–Crippen MR) is 60.7 cm³/mol. The molecule has 0 spiro atoms. The molecule has 13 heavy (non-hydrogen) atoms. The number of rotatable bonds is 4. The topological polar surface area (TPSA) is 35.2 Å². The van der Waals surface area contributed by atoms with Crippen LogP contribution >= 0.6 is 31.9 Å². The molecule has 0 aliphatic rings. The fourth-order valence-corrected chi connectivity index (χ4v) is 1.82. The molecule has 2 nitrogen and oxygen atoms in total. The van der Waals surface area contributed by atoms with Crippen LogP contribution in [0.1, 0.15) is 16.7 Å². The quantitative estimate of drug-likeness (QED) is 0.686. The molecule has 4 heteroatoms. The number of hydrogen-bond acceptors (Lipinski definition) is 2. The maximum atomic E-state index is 5.02. The van der Waals surface area contributed by atoms with Crippen molar-refractivity contribution in [2.75, 3.05) is 0 Å². The minimum atomic E-state index is 0.459. The lowest BCUT2D eigenvalue weighted by Gasteiger charge is -2.05. The van der Waals surface area contributed by atoms with Crippen LogP contribution in [-0.4, -0.2) is 0 Å². The molecular weight excluding hydrogens is 298 g/mol. The molecule has 1 aromatic rings. The van der Waals surface area contributed by atoms with Crippen LogP contribution in [-0.2, 0) is 22.1 Å². The minimum Gasteiger partial charge on any atom is -0.300 e. The van der Waals surface area contributed by atoms with Gasteiger partial charge in [0, 0.05) is 10.7 Å². The second-order valence-electron chi connectivity index (χ2n) is 2.74. The lowest BCUT2D eigenvalue weighted by Crippen LogP contribution is -2.00. The molecule has 0 radical (unpaired) electrons. The molecule has 0 atom stereocenters. The number of halogens is 2. The van der Waals surface area contributed by atoms with Crippen molar-refractivity contribution in [1.29, 1.82) is 0 Å². The number of nitrogens with two attached hydrogens (primary N) is 1. The zero-order valence-electron chi connectivity index (χ0n) is 7.09. The van der Waals surface area contributed by atoms with E-state index in [1.807, 2.05) is 0 Å². The Morgan fingerprint density at radius 2 is 1.46 bits per heavy atom. The van der Waals surface area contributed by atoms with Gasteiger partial charge < -0.3 is 0 Å². The summed E-state index contributed by atoms with van der Waals surface area (Å²) in [4.78, 5) is 4.60. The molecule has 0 aromatic heterocycles. The van der Waals surface area contributed by atoms with Crippen molar-refractivity contribution in [3.63, 3.8) is 0 Å². The molecule has 72 valence electrons. The summed E-state index contributed by atoms with van der Waals surface area (Å²) in [5.41, 5.74) is 3.59. The first-order valence-electron chi connectivity index (χ1n) is 3.85. The Labute approximate surface area is 94.7 Å². The largest absolute Gasteiger partial charge is 0.300 e. The molecule has 0 fully saturated rings. The monoisotopic (exact) mass is 307 g/mol. The second-order valence-corrected chi connectivity index (χ2v) is 3.86. The van der Waals surface area contributed by atoms with Gasteiger partial charge in [-0.25, -0.2) is 5.90 Å². The summed E-state index contributed by atoms with van der Waals surface area (Å²) < 4.78 is 0. The standard InChI is InChI=1S/C9H11Br2NO/c10-4-7-1-8(5-11)3-9(2-7)6-13-12/h1-3H,4-6,12H2. The molecule has 2 N–H and O–H groups in total. The molecule has 1 rings (SSSR count). The van der Waals surface area contributed by atoms with Crippen molar-refractivity contribution in [1.82, 2.24) is 0 Å². The number of alkyl halides is 2. The number of hydrogen-bond donors (Lipinski definition) is 1. The number of benzene rings is 1. The van der Waals surface area contributed by atoms with Crippen LogP contribution in [0.25, 0.3) is 0 Å². The SMILES string of the molecule is NOCc1cc(CBr)cc(CBr)c1. The molecule has 0 bridgehead atoms. The lowest BCUT2D eigenvalue weighted by molar-refractivity contribution is 0.124. The third-order valence-electron chi connectivity index (χ3n) is 1.67. The van der Waals surface area contributed by atoms with E-state index in [0.717, 1.165) is 16.2 Å².